The molecule has 0 radical (unpaired) electrons. The summed E-state index contributed by atoms with van der Waals surface area (Å²) in [6.07, 6.45) is 7.72. The number of carbonyl (C=O) groups is 1. The lowest BCUT2D eigenvalue weighted by molar-refractivity contribution is -0.115. The van der Waals surface area contributed by atoms with Gasteiger partial charge in [0.25, 0.3) is 5.91 Å². The number of fused-ring (bicyclic) bond motifs is 1. The number of thioether (sulfide) groups is 1. The monoisotopic (exact) mass is 422 g/mol. The van der Waals surface area contributed by atoms with Crippen LogP contribution in [-0.2, 0) is 11.3 Å². The molecule has 0 bridgehead atoms. The molecule has 2 fully saturated rings. The molecule has 1 amide bonds. The average molecular weight is 423 g/mol. The summed E-state index contributed by atoms with van der Waals surface area (Å²) < 4.78 is 2.21. The fraction of sp³-hybridized carbons (Fsp3) is 0.227. The molecule has 1 saturated heterocycles. The van der Waals surface area contributed by atoms with E-state index in [1.165, 1.54) is 31.0 Å². The first kappa shape index (κ1) is 18.5. The smallest absolute Gasteiger partial charge is 0.264 e. The van der Waals surface area contributed by atoms with Crippen LogP contribution in [0.5, 0.6) is 0 Å². The molecule has 2 heterocycles. The van der Waals surface area contributed by atoms with Gasteiger partial charge in [-0.15, -0.1) is 0 Å². The Labute approximate surface area is 177 Å². The second-order valence-corrected chi connectivity index (χ2v) is 8.79. The highest BCUT2D eigenvalue weighted by Gasteiger charge is 2.24. The Morgan fingerprint density at radius 2 is 2.14 bits per heavy atom. The van der Waals surface area contributed by atoms with Gasteiger partial charge < -0.3 is 9.88 Å². The molecule has 1 N–H and O–H groups in total. The maximum atomic E-state index is 12.4. The molecule has 3 aromatic rings. The third-order valence-electron chi connectivity index (χ3n) is 5.14. The molecule has 29 heavy (non-hydrogen) atoms. The van der Waals surface area contributed by atoms with Crippen molar-refractivity contribution in [3.63, 3.8) is 0 Å². The summed E-state index contributed by atoms with van der Waals surface area (Å²) in [5.41, 5.74) is 3.70. The first-order valence-electron chi connectivity index (χ1n) is 9.65. The van der Waals surface area contributed by atoms with Gasteiger partial charge in [-0.3, -0.25) is 4.79 Å². The van der Waals surface area contributed by atoms with Crippen LogP contribution in [0.25, 0.3) is 17.1 Å². The van der Waals surface area contributed by atoms with E-state index >= 15 is 0 Å². The second kappa shape index (κ2) is 7.69. The lowest BCUT2D eigenvalue weighted by Gasteiger charge is -2.04. The van der Waals surface area contributed by atoms with Crippen LogP contribution in [0.4, 0.5) is 5.69 Å². The van der Waals surface area contributed by atoms with Gasteiger partial charge in [0.05, 0.1) is 33.0 Å². The molecule has 146 valence electrons. The molecule has 0 atom stereocenters. The van der Waals surface area contributed by atoms with Gasteiger partial charge >= 0.3 is 0 Å². The number of aromatic nitrogens is 2. The number of hydrogen-bond donors (Lipinski definition) is 1. The van der Waals surface area contributed by atoms with E-state index in [1.807, 2.05) is 42.7 Å². The highest BCUT2D eigenvalue weighted by Crippen LogP contribution is 2.33. The van der Waals surface area contributed by atoms with Gasteiger partial charge in [-0.05, 0) is 60.0 Å². The lowest BCUT2D eigenvalue weighted by atomic mass is 10.2. The van der Waals surface area contributed by atoms with Crippen molar-refractivity contribution in [1.29, 1.82) is 0 Å². The Hall–Kier alpha value is -2.57. The molecule has 5 nitrogen and oxygen atoms in total. The van der Waals surface area contributed by atoms with Crippen LogP contribution < -0.4 is 5.32 Å². The molecule has 0 unspecified atom stereocenters. The number of aryl methyl sites for hydroxylation is 1. The number of rotatable bonds is 5. The summed E-state index contributed by atoms with van der Waals surface area (Å²) in [6, 6.07) is 13.4. The van der Waals surface area contributed by atoms with Crippen LogP contribution in [0.15, 0.2) is 58.7 Å². The molecule has 1 saturated carbocycles. The van der Waals surface area contributed by atoms with Gasteiger partial charge in [0, 0.05) is 6.54 Å². The van der Waals surface area contributed by atoms with Crippen molar-refractivity contribution in [2.75, 3.05) is 0 Å². The van der Waals surface area contributed by atoms with Crippen molar-refractivity contribution in [3.05, 3.63) is 64.3 Å². The Bertz CT molecular complexity index is 1160. The normalized spacial score (nSPS) is 19.4. The van der Waals surface area contributed by atoms with Crippen molar-refractivity contribution in [3.8, 4) is 0 Å². The fourth-order valence-corrected chi connectivity index (χ4v) is 4.37. The van der Waals surface area contributed by atoms with Crippen LogP contribution in [0.3, 0.4) is 0 Å². The number of carbonyl (C=O) groups excluding carboxylic acids is 1. The van der Waals surface area contributed by atoms with Gasteiger partial charge in [-0.1, -0.05) is 42.6 Å². The van der Waals surface area contributed by atoms with E-state index in [2.05, 4.69) is 25.9 Å². The topological polar surface area (TPSA) is 59.3 Å². The molecule has 0 spiro atoms. The Kier molecular flexibility index (Phi) is 4.89. The molecule has 1 aromatic heterocycles. The summed E-state index contributed by atoms with van der Waals surface area (Å²) >= 11 is 7.48. The van der Waals surface area contributed by atoms with E-state index < -0.39 is 0 Å². The predicted octanol–water partition coefficient (Wildman–Crippen LogP) is 5.38. The fourth-order valence-electron chi connectivity index (χ4n) is 3.35. The molecule has 5 rings (SSSR count). The third-order valence-corrected chi connectivity index (χ3v) is 6.37. The predicted molar refractivity (Wildman–Crippen MR) is 119 cm³/mol. The minimum atomic E-state index is -0.150. The molecular weight excluding hydrogens is 404 g/mol. The summed E-state index contributed by atoms with van der Waals surface area (Å²) in [5, 5.41) is 3.90. The number of amides is 1. The number of nitrogens with one attached hydrogen (secondary N) is 1. The summed E-state index contributed by atoms with van der Waals surface area (Å²) in [6.45, 7) is 0.991. The van der Waals surface area contributed by atoms with Gasteiger partial charge in [-0.25, -0.2) is 9.98 Å². The van der Waals surface area contributed by atoms with Crippen LogP contribution in [0.2, 0.25) is 5.02 Å². The second-order valence-electron chi connectivity index (χ2n) is 7.35. The maximum Gasteiger partial charge on any atom is 0.264 e. The van der Waals surface area contributed by atoms with E-state index in [9.17, 15) is 4.79 Å². The quantitative estimate of drug-likeness (QED) is 0.561. The van der Waals surface area contributed by atoms with E-state index in [-0.39, 0.29) is 5.91 Å². The zero-order valence-corrected chi connectivity index (χ0v) is 17.2. The van der Waals surface area contributed by atoms with Crippen LogP contribution >= 0.6 is 23.4 Å². The number of amidine groups is 1. The summed E-state index contributed by atoms with van der Waals surface area (Å²) in [4.78, 5) is 22.0. The Balaban J connectivity index is 1.39. The molecule has 1 aliphatic carbocycles. The van der Waals surface area contributed by atoms with Crippen molar-refractivity contribution in [2.45, 2.75) is 25.8 Å². The number of imidazole rings is 1. The van der Waals surface area contributed by atoms with Crippen molar-refractivity contribution < 1.29 is 4.79 Å². The first-order valence-corrected chi connectivity index (χ1v) is 10.8. The third kappa shape index (κ3) is 4.09. The van der Waals surface area contributed by atoms with E-state index in [0.29, 0.717) is 20.8 Å². The summed E-state index contributed by atoms with van der Waals surface area (Å²) in [5.74, 6) is 0.732. The van der Waals surface area contributed by atoms with Crippen LogP contribution in [0.1, 0.15) is 24.8 Å². The number of para-hydroxylation sites is 1. The van der Waals surface area contributed by atoms with E-state index in [4.69, 9.17) is 11.6 Å². The standard InChI is InChI=1S/C22H19ClN4OS/c23-16-3-1-2-4-17(16)25-22-26-21(28)20(29-22)12-15-7-8-18-19(11-15)27(13-24-18)10-9-14-5-6-14/h1-4,7-8,11-14H,5-6,9-10H2,(H,25,26,28). The van der Waals surface area contributed by atoms with Gasteiger partial charge in [0.15, 0.2) is 5.17 Å². The van der Waals surface area contributed by atoms with E-state index in [0.717, 1.165) is 29.1 Å². The maximum absolute atomic E-state index is 12.4. The zero-order chi connectivity index (χ0) is 19.8. The Morgan fingerprint density at radius 3 is 2.97 bits per heavy atom. The summed E-state index contributed by atoms with van der Waals surface area (Å²) in [7, 11) is 0. The molecule has 1 aliphatic heterocycles. The van der Waals surface area contributed by atoms with Crippen molar-refractivity contribution >= 4 is 57.2 Å². The SMILES string of the molecule is O=C1NC(=Nc2ccccc2Cl)SC1=Cc1ccc2ncn(CCC3CC3)c2c1. The van der Waals surface area contributed by atoms with Gasteiger partial charge in [-0.2, -0.15) is 0 Å². The largest absolute Gasteiger partial charge is 0.331 e. The van der Waals surface area contributed by atoms with Crippen LogP contribution in [-0.4, -0.2) is 20.6 Å². The lowest BCUT2D eigenvalue weighted by Crippen LogP contribution is -2.19. The molecular formula is C22H19ClN4OS. The Morgan fingerprint density at radius 1 is 1.28 bits per heavy atom. The number of nitrogens with zero attached hydrogens (tertiary/aromatic N) is 3. The van der Waals surface area contributed by atoms with Crippen molar-refractivity contribution in [2.24, 2.45) is 10.9 Å². The highest BCUT2D eigenvalue weighted by molar-refractivity contribution is 8.18. The van der Waals surface area contributed by atoms with Crippen LogP contribution in [0, 0.1) is 5.92 Å². The molecule has 7 heteroatoms. The minimum absolute atomic E-state index is 0.150. The highest BCUT2D eigenvalue weighted by atomic mass is 35.5. The number of hydrogen-bond acceptors (Lipinski definition) is 4. The molecule has 2 aromatic carbocycles. The number of benzene rings is 2. The van der Waals surface area contributed by atoms with E-state index in [1.54, 1.807) is 6.07 Å². The first-order chi connectivity index (χ1) is 14.2. The number of halogens is 1. The number of aliphatic imine (C=N–C) groups is 1. The molecule has 2 aliphatic rings. The average Bonchev–Trinajstić information content (AvgIpc) is 3.37. The minimum Gasteiger partial charge on any atom is -0.331 e. The zero-order valence-electron chi connectivity index (χ0n) is 15.6. The van der Waals surface area contributed by atoms with Gasteiger partial charge in [0.2, 0.25) is 0 Å². The van der Waals surface area contributed by atoms with Crippen molar-refractivity contribution in [1.82, 2.24) is 14.9 Å². The van der Waals surface area contributed by atoms with Gasteiger partial charge in [0.1, 0.15) is 0 Å².